The highest BCUT2D eigenvalue weighted by atomic mass is 16.5. The molecule has 0 saturated carbocycles. The Morgan fingerprint density at radius 1 is 1.24 bits per heavy atom. The summed E-state index contributed by atoms with van der Waals surface area (Å²) < 4.78 is 10.2. The second kappa shape index (κ2) is 6.85. The number of carbonyl (C=O) groups excluding carboxylic acids is 1. The molecular weight excluding hydrogens is 270 g/mol. The molecule has 1 aromatic heterocycles. The summed E-state index contributed by atoms with van der Waals surface area (Å²) in [6.07, 6.45) is 0.965. The molecule has 1 N–H and O–H groups in total. The molecule has 21 heavy (non-hydrogen) atoms. The Kier molecular flexibility index (Phi) is 4.90. The van der Waals surface area contributed by atoms with Crippen molar-refractivity contribution < 1.29 is 19.4 Å². The van der Waals surface area contributed by atoms with Crippen LogP contribution in [-0.4, -0.2) is 23.2 Å². The lowest BCUT2D eigenvalue weighted by Crippen LogP contribution is -2.04. The van der Waals surface area contributed by atoms with Crippen molar-refractivity contribution in [3.05, 3.63) is 59.4 Å². The van der Waals surface area contributed by atoms with E-state index in [4.69, 9.17) is 4.74 Å². The molecule has 110 valence electrons. The molecule has 0 fully saturated rings. The van der Waals surface area contributed by atoms with E-state index in [0.717, 1.165) is 5.56 Å². The van der Waals surface area contributed by atoms with Gasteiger partial charge >= 0.3 is 5.97 Å². The van der Waals surface area contributed by atoms with Gasteiger partial charge in [0.05, 0.1) is 24.5 Å². The van der Waals surface area contributed by atoms with Crippen molar-refractivity contribution in [3.63, 3.8) is 0 Å². The summed E-state index contributed by atoms with van der Waals surface area (Å²) in [6, 6.07) is 10.6. The first-order chi connectivity index (χ1) is 10.1. The van der Waals surface area contributed by atoms with Crippen LogP contribution in [0, 0.1) is 0 Å². The predicted octanol–water partition coefficient (Wildman–Crippen LogP) is 2.50. The van der Waals surface area contributed by atoms with Crippen LogP contribution in [0.1, 0.15) is 34.6 Å². The molecule has 2 aromatic rings. The molecule has 1 atom stereocenters. The Morgan fingerprint density at radius 2 is 1.95 bits per heavy atom. The normalized spacial score (nSPS) is 11.8. The maximum atomic E-state index is 11.3. The highest BCUT2D eigenvalue weighted by Gasteiger charge is 2.06. The van der Waals surface area contributed by atoms with E-state index in [0.29, 0.717) is 23.6 Å². The lowest BCUT2D eigenvalue weighted by molar-refractivity contribution is 0.0600. The van der Waals surface area contributed by atoms with Gasteiger partial charge < -0.3 is 14.6 Å². The van der Waals surface area contributed by atoms with Crippen molar-refractivity contribution in [2.24, 2.45) is 0 Å². The molecule has 5 nitrogen and oxygen atoms in total. The third-order valence-corrected chi connectivity index (χ3v) is 3.00. The lowest BCUT2D eigenvalue weighted by atomic mass is 10.1. The molecule has 0 bridgehead atoms. The number of aliphatic hydroxyl groups excluding tert-OH is 1. The molecule has 0 aliphatic rings. The molecule has 0 aliphatic carbocycles. The highest BCUT2D eigenvalue weighted by Crippen LogP contribution is 2.18. The van der Waals surface area contributed by atoms with Crippen LogP contribution < -0.4 is 4.74 Å². The summed E-state index contributed by atoms with van der Waals surface area (Å²) in [5.41, 5.74) is 1.95. The molecule has 0 spiro atoms. The van der Waals surface area contributed by atoms with Gasteiger partial charge in [0.25, 0.3) is 0 Å². The Morgan fingerprint density at radius 3 is 2.48 bits per heavy atom. The standard InChI is InChI=1S/C16H17NO4/c1-11(18)12-4-7-15(8-5-12)21-10-14-6-3-13(9-17-14)16(19)20-2/h3-9,11,18H,10H2,1-2H3. The number of aromatic nitrogens is 1. The van der Waals surface area contributed by atoms with E-state index in [9.17, 15) is 9.90 Å². The largest absolute Gasteiger partial charge is 0.487 e. The number of ether oxygens (including phenoxy) is 2. The Bertz CT molecular complexity index is 591. The van der Waals surface area contributed by atoms with Crippen LogP contribution in [0.2, 0.25) is 0 Å². The molecule has 2 rings (SSSR count). The number of aliphatic hydroxyl groups is 1. The van der Waals surface area contributed by atoms with Gasteiger partial charge in [-0.3, -0.25) is 4.98 Å². The van der Waals surface area contributed by atoms with Crippen LogP contribution in [0.15, 0.2) is 42.6 Å². The zero-order valence-corrected chi connectivity index (χ0v) is 11.9. The van der Waals surface area contributed by atoms with Crippen LogP contribution in [0.25, 0.3) is 0 Å². The van der Waals surface area contributed by atoms with E-state index >= 15 is 0 Å². The number of benzene rings is 1. The zero-order valence-electron chi connectivity index (χ0n) is 11.9. The topological polar surface area (TPSA) is 68.7 Å². The van der Waals surface area contributed by atoms with Gasteiger partial charge in [-0.05, 0) is 36.8 Å². The van der Waals surface area contributed by atoms with Gasteiger partial charge in [-0.2, -0.15) is 0 Å². The fraction of sp³-hybridized carbons (Fsp3) is 0.250. The molecule has 1 unspecified atom stereocenters. The summed E-state index contributed by atoms with van der Waals surface area (Å²) in [6.45, 7) is 2.01. The Hall–Kier alpha value is -2.40. The third-order valence-electron chi connectivity index (χ3n) is 3.00. The van der Waals surface area contributed by atoms with E-state index < -0.39 is 12.1 Å². The summed E-state index contributed by atoms with van der Waals surface area (Å²) in [5, 5.41) is 9.43. The van der Waals surface area contributed by atoms with Crippen molar-refractivity contribution in [2.45, 2.75) is 19.6 Å². The predicted molar refractivity (Wildman–Crippen MR) is 77.0 cm³/mol. The van der Waals surface area contributed by atoms with Crippen LogP contribution >= 0.6 is 0 Å². The quantitative estimate of drug-likeness (QED) is 0.856. The van der Waals surface area contributed by atoms with Crippen molar-refractivity contribution in [1.82, 2.24) is 4.98 Å². The lowest BCUT2D eigenvalue weighted by Gasteiger charge is -2.08. The van der Waals surface area contributed by atoms with E-state index in [1.807, 2.05) is 12.1 Å². The first-order valence-electron chi connectivity index (χ1n) is 6.54. The van der Waals surface area contributed by atoms with Gasteiger partial charge in [0.1, 0.15) is 12.4 Å². The van der Waals surface area contributed by atoms with Gasteiger partial charge in [-0.1, -0.05) is 12.1 Å². The van der Waals surface area contributed by atoms with Gasteiger partial charge in [0.2, 0.25) is 0 Å². The fourth-order valence-electron chi connectivity index (χ4n) is 1.75. The second-order valence-electron chi connectivity index (χ2n) is 4.56. The average molecular weight is 287 g/mol. The molecule has 1 heterocycles. The number of pyridine rings is 1. The van der Waals surface area contributed by atoms with E-state index in [-0.39, 0.29) is 0 Å². The first kappa shape index (κ1) is 15.0. The Balaban J connectivity index is 1.95. The molecular formula is C16H17NO4. The number of hydrogen-bond donors (Lipinski definition) is 1. The number of esters is 1. The minimum atomic E-state index is -0.494. The maximum Gasteiger partial charge on any atom is 0.339 e. The van der Waals surface area contributed by atoms with Crippen LogP contribution in [0.5, 0.6) is 5.75 Å². The molecule has 0 radical (unpaired) electrons. The van der Waals surface area contributed by atoms with Crippen molar-refractivity contribution in [2.75, 3.05) is 7.11 Å². The molecule has 1 aromatic carbocycles. The number of carbonyl (C=O) groups is 1. The third kappa shape index (κ3) is 4.03. The molecule has 0 saturated heterocycles. The summed E-state index contributed by atoms with van der Waals surface area (Å²) >= 11 is 0. The maximum absolute atomic E-state index is 11.3. The SMILES string of the molecule is COC(=O)c1ccc(COc2ccc(C(C)O)cc2)nc1. The number of nitrogens with zero attached hydrogens (tertiary/aromatic N) is 1. The van der Waals surface area contributed by atoms with Gasteiger partial charge in [-0.15, -0.1) is 0 Å². The molecule has 5 heteroatoms. The van der Waals surface area contributed by atoms with Gasteiger partial charge in [0, 0.05) is 6.20 Å². The molecule has 0 amide bonds. The monoisotopic (exact) mass is 287 g/mol. The van der Waals surface area contributed by atoms with E-state index in [2.05, 4.69) is 9.72 Å². The number of hydrogen-bond acceptors (Lipinski definition) is 5. The number of methoxy groups -OCH3 is 1. The van der Waals surface area contributed by atoms with Crippen molar-refractivity contribution in [3.8, 4) is 5.75 Å². The van der Waals surface area contributed by atoms with E-state index in [1.54, 1.807) is 31.2 Å². The summed E-state index contributed by atoms with van der Waals surface area (Å²) in [5.74, 6) is 0.280. The van der Waals surface area contributed by atoms with E-state index in [1.165, 1.54) is 13.3 Å². The van der Waals surface area contributed by atoms with Gasteiger partial charge in [0.15, 0.2) is 0 Å². The minimum Gasteiger partial charge on any atom is -0.487 e. The summed E-state index contributed by atoms with van der Waals surface area (Å²) in [7, 11) is 1.33. The average Bonchev–Trinajstić information content (AvgIpc) is 2.53. The van der Waals surface area contributed by atoms with Crippen molar-refractivity contribution in [1.29, 1.82) is 0 Å². The highest BCUT2D eigenvalue weighted by molar-refractivity contribution is 5.88. The van der Waals surface area contributed by atoms with Crippen LogP contribution in [0.4, 0.5) is 0 Å². The smallest absolute Gasteiger partial charge is 0.339 e. The van der Waals surface area contributed by atoms with Crippen LogP contribution in [0.3, 0.4) is 0 Å². The zero-order chi connectivity index (χ0) is 15.2. The fourth-order valence-corrected chi connectivity index (χ4v) is 1.75. The number of rotatable bonds is 5. The first-order valence-corrected chi connectivity index (χ1v) is 6.54. The second-order valence-corrected chi connectivity index (χ2v) is 4.56. The van der Waals surface area contributed by atoms with Crippen molar-refractivity contribution >= 4 is 5.97 Å². The Labute approximate surface area is 123 Å². The van der Waals surface area contributed by atoms with Gasteiger partial charge in [-0.25, -0.2) is 4.79 Å². The molecule has 0 aliphatic heterocycles. The minimum absolute atomic E-state index is 0.301. The summed E-state index contributed by atoms with van der Waals surface area (Å²) in [4.78, 5) is 15.4. The van der Waals surface area contributed by atoms with Crippen LogP contribution in [-0.2, 0) is 11.3 Å².